The summed E-state index contributed by atoms with van der Waals surface area (Å²) >= 11 is 0. The number of para-hydroxylation sites is 1. The van der Waals surface area contributed by atoms with E-state index in [2.05, 4.69) is 0 Å². The van der Waals surface area contributed by atoms with E-state index in [1.807, 2.05) is 24.3 Å². The molecule has 0 saturated carbocycles. The number of halogens is 21. The van der Waals surface area contributed by atoms with Crippen molar-refractivity contribution < 1.29 is 111 Å². The Morgan fingerprint density at radius 1 is 0.378 bits per heavy atom. The van der Waals surface area contributed by atoms with Gasteiger partial charge in [-0.25, -0.2) is 97.0 Å². The van der Waals surface area contributed by atoms with E-state index in [0.29, 0.717) is 10.9 Å². The minimum atomic E-state index is -7.22. The van der Waals surface area contributed by atoms with Gasteiger partial charge in [0.05, 0.1) is 5.39 Å². The van der Waals surface area contributed by atoms with Gasteiger partial charge in [0, 0.05) is 11.6 Å². The number of nitrogens with zero attached hydrogens (tertiary/aromatic N) is 1. The molecule has 382 valence electrons. The summed E-state index contributed by atoms with van der Waals surface area (Å²) < 4.78 is 315. The van der Waals surface area contributed by atoms with Crippen LogP contribution in [0.1, 0.15) is 20.8 Å². The molecular weight excluding hydrogens is 1050 g/mol. The topological polar surface area (TPSA) is 47.2 Å². The SMILES string of the molecule is Fc1c(F)c(F)c([B-](c2c(F)c(F)c(F)c(F)c2F)(c2c(F)c(F)c(F)c(F)c2F)c2c(F)c(F)c(F)c(F)c2F)c(F)c1F.O=C(C[n+]1ccc2ccccc2c1C(=O)Oc1ccccc1F)c1ccccc1. The van der Waals surface area contributed by atoms with Gasteiger partial charge in [0.1, 0.15) is 52.7 Å². The molecule has 1 aromatic heterocycles. The predicted octanol–water partition coefficient (Wildman–Crippen LogP) is 10.2. The third kappa shape index (κ3) is 8.59. The van der Waals surface area contributed by atoms with Crippen LogP contribution in [-0.2, 0) is 6.54 Å². The molecule has 0 amide bonds. The van der Waals surface area contributed by atoms with Gasteiger partial charge in [0.15, 0.2) is 87.6 Å². The minimum absolute atomic E-state index is 0.0451. The van der Waals surface area contributed by atoms with Crippen LogP contribution in [0.5, 0.6) is 5.75 Å². The molecule has 0 aliphatic rings. The quantitative estimate of drug-likeness (QED) is 0.0212. The van der Waals surface area contributed by atoms with E-state index >= 15 is 35.1 Å². The Bertz CT molecular complexity index is 3250. The first-order chi connectivity index (χ1) is 34.8. The van der Waals surface area contributed by atoms with Crippen LogP contribution in [0.15, 0.2) is 91.1 Å². The van der Waals surface area contributed by atoms with Gasteiger partial charge >= 0.3 is 5.97 Å². The molecule has 0 aliphatic heterocycles. The fourth-order valence-corrected chi connectivity index (χ4v) is 8.04. The molecule has 8 rings (SSSR count). The summed E-state index contributed by atoms with van der Waals surface area (Å²) in [5.74, 6) is -73.1. The van der Waals surface area contributed by atoms with Gasteiger partial charge in [-0.1, -0.05) is 60.7 Å². The number of aromatic nitrogens is 1. The number of fused-ring (bicyclic) bond motifs is 1. The van der Waals surface area contributed by atoms with Crippen molar-refractivity contribution in [1.29, 1.82) is 0 Å². The molecular formula is C48H17BF21NO3. The lowest BCUT2D eigenvalue weighted by Gasteiger charge is -2.44. The van der Waals surface area contributed by atoms with Gasteiger partial charge < -0.3 is 4.74 Å². The third-order valence-electron chi connectivity index (χ3n) is 11.3. The normalized spacial score (nSPS) is 11.5. The Labute approximate surface area is 398 Å². The fourth-order valence-electron chi connectivity index (χ4n) is 8.04. The van der Waals surface area contributed by atoms with Crippen molar-refractivity contribution in [3.05, 3.63) is 225 Å². The minimum Gasteiger partial charge on any atom is -0.415 e. The third-order valence-corrected chi connectivity index (χ3v) is 11.3. The van der Waals surface area contributed by atoms with Gasteiger partial charge in [-0.2, -0.15) is 4.57 Å². The fraction of sp³-hybridized carbons (Fsp3) is 0.0208. The number of carbonyl (C=O) groups excluding carboxylic acids is 2. The average molecular weight is 1070 g/mol. The maximum atomic E-state index is 15.4. The molecule has 0 radical (unpaired) electrons. The smallest absolute Gasteiger partial charge is 0.409 e. The van der Waals surface area contributed by atoms with E-state index in [9.17, 15) is 66.7 Å². The molecule has 0 bridgehead atoms. The second-order valence-electron chi connectivity index (χ2n) is 15.3. The van der Waals surface area contributed by atoms with E-state index in [1.54, 1.807) is 53.2 Å². The van der Waals surface area contributed by atoms with Gasteiger partial charge in [0.25, 0.3) is 5.69 Å². The molecule has 0 aliphatic carbocycles. The zero-order valence-corrected chi connectivity index (χ0v) is 35.6. The molecule has 7 aromatic carbocycles. The van der Waals surface area contributed by atoms with Crippen molar-refractivity contribution in [2.45, 2.75) is 6.54 Å². The Morgan fingerprint density at radius 3 is 1.08 bits per heavy atom. The Balaban J connectivity index is 0.000000237. The van der Waals surface area contributed by atoms with Crippen LogP contribution in [-0.4, -0.2) is 17.9 Å². The summed E-state index contributed by atoms with van der Waals surface area (Å²) in [6.45, 7) is -0.0451. The maximum Gasteiger partial charge on any atom is 0.409 e. The van der Waals surface area contributed by atoms with E-state index < -0.39 is 156 Å². The highest BCUT2D eigenvalue weighted by Gasteiger charge is 2.52. The zero-order chi connectivity index (χ0) is 54.6. The number of benzene rings is 7. The van der Waals surface area contributed by atoms with Crippen molar-refractivity contribution in [2.24, 2.45) is 0 Å². The number of carbonyl (C=O) groups is 2. The predicted molar refractivity (Wildman–Crippen MR) is 215 cm³/mol. The highest BCUT2D eigenvalue weighted by molar-refractivity contribution is 7.20. The van der Waals surface area contributed by atoms with E-state index in [0.717, 1.165) is 5.39 Å². The van der Waals surface area contributed by atoms with E-state index in [4.69, 9.17) is 4.74 Å². The van der Waals surface area contributed by atoms with Gasteiger partial charge in [0.2, 0.25) is 12.3 Å². The maximum absolute atomic E-state index is 15.4. The van der Waals surface area contributed by atoms with Crippen molar-refractivity contribution >= 4 is 50.5 Å². The monoisotopic (exact) mass is 1070 g/mol. The van der Waals surface area contributed by atoms with Crippen LogP contribution < -0.4 is 31.2 Å². The highest BCUT2D eigenvalue weighted by Crippen LogP contribution is 2.31. The van der Waals surface area contributed by atoms with Crippen LogP contribution in [0.4, 0.5) is 92.2 Å². The lowest BCUT2D eigenvalue weighted by molar-refractivity contribution is -0.684. The molecule has 4 nitrogen and oxygen atoms in total. The van der Waals surface area contributed by atoms with Gasteiger partial charge in [-0.05, 0) is 23.6 Å². The zero-order valence-electron chi connectivity index (χ0n) is 35.6. The largest absolute Gasteiger partial charge is 0.415 e. The number of Topliss-reactive ketones (excluding diaryl/α,β-unsaturated/α-hetero) is 1. The summed E-state index contributed by atoms with van der Waals surface area (Å²) in [5, 5.41) is 1.44. The van der Waals surface area contributed by atoms with E-state index in [1.165, 1.54) is 18.2 Å². The number of pyridine rings is 1. The molecule has 0 atom stereocenters. The Kier molecular flexibility index (Phi) is 14.7. The molecule has 0 saturated heterocycles. The van der Waals surface area contributed by atoms with Gasteiger partial charge in [-0.3, -0.25) is 4.79 Å². The van der Waals surface area contributed by atoms with Crippen LogP contribution in [0.25, 0.3) is 10.8 Å². The first-order valence-corrected chi connectivity index (χ1v) is 20.0. The lowest BCUT2D eigenvalue weighted by Crippen LogP contribution is -2.81. The highest BCUT2D eigenvalue weighted by atomic mass is 19.2. The second kappa shape index (κ2) is 20.3. The second-order valence-corrected chi connectivity index (χ2v) is 15.3. The van der Waals surface area contributed by atoms with Crippen molar-refractivity contribution in [3.63, 3.8) is 0 Å². The Hall–Kier alpha value is -8.32. The first-order valence-electron chi connectivity index (χ1n) is 20.0. The number of esters is 1. The number of ether oxygens (including phenoxy) is 1. The van der Waals surface area contributed by atoms with Crippen LogP contribution >= 0.6 is 0 Å². The summed E-state index contributed by atoms with van der Waals surface area (Å²) in [5.41, 5.74) is -13.6. The van der Waals surface area contributed by atoms with Crippen LogP contribution in [0.2, 0.25) is 0 Å². The number of rotatable bonds is 9. The molecule has 74 heavy (non-hydrogen) atoms. The molecule has 26 heteroatoms. The summed E-state index contributed by atoms with van der Waals surface area (Å²) in [7, 11) is 0. The van der Waals surface area contributed by atoms with Crippen molar-refractivity contribution in [1.82, 2.24) is 0 Å². The summed E-state index contributed by atoms with van der Waals surface area (Å²) in [4.78, 5) is 25.7. The summed E-state index contributed by atoms with van der Waals surface area (Å²) in [6, 6.07) is 23.7. The molecule has 0 unspecified atom stereocenters. The molecule has 1 heterocycles. The summed E-state index contributed by atoms with van der Waals surface area (Å²) in [6.07, 6.45) is -5.55. The lowest BCUT2D eigenvalue weighted by atomic mass is 9.12. The molecule has 0 fully saturated rings. The first kappa shape index (κ1) is 53.5. The molecule has 0 N–H and O–H groups in total. The molecule has 8 aromatic rings. The number of ketones is 1. The van der Waals surface area contributed by atoms with Crippen LogP contribution in [0.3, 0.4) is 0 Å². The number of hydrogen-bond donors (Lipinski definition) is 0. The average Bonchev–Trinajstić information content (AvgIpc) is 3.39. The van der Waals surface area contributed by atoms with Crippen molar-refractivity contribution in [3.8, 4) is 5.75 Å². The van der Waals surface area contributed by atoms with Crippen molar-refractivity contribution in [2.75, 3.05) is 0 Å². The number of hydrogen-bond acceptors (Lipinski definition) is 3. The Morgan fingerprint density at radius 2 is 0.703 bits per heavy atom. The molecule has 0 spiro atoms. The van der Waals surface area contributed by atoms with Gasteiger partial charge in [-0.15, -0.1) is 21.9 Å². The standard InChI is InChI=1S/C24BF20.C24H17FNO3/c26-5-1(6(27)14(35)21(42)13(5)34)25(2-7(28)15(36)22(43)16(37)8(2)29,3-9(30)17(38)23(44)18(39)10(3)31)4-11(32)19(40)24(45)20(41)12(4)33;25-20-12-6-7-13-22(20)29-24(28)23-19-11-5-4-8-17(19)14-15-26(23)16-21(27)18-9-2-1-3-10-18/h;1-15H,16H2/q-1;+1. The van der Waals surface area contributed by atoms with Crippen LogP contribution in [0, 0.1) is 122 Å². The van der Waals surface area contributed by atoms with E-state index in [-0.39, 0.29) is 23.8 Å².